The van der Waals surface area contributed by atoms with Crippen molar-refractivity contribution in [2.75, 3.05) is 4.81 Å². The zero-order valence-corrected chi connectivity index (χ0v) is 34.6. The van der Waals surface area contributed by atoms with Crippen LogP contribution in [0.4, 0.5) is 11.4 Å². The Morgan fingerprint density at radius 1 is 0.443 bits per heavy atom. The normalized spacial score (nSPS) is 14.3. The minimum atomic E-state index is -0.151. The first-order chi connectivity index (χ1) is 29.8. The second kappa shape index (κ2) is 11.5. The van der Waals surface area contributed by atoms with Gasteiger partial charge in [-0.2, -0.15) is 0 Å². The van der Waals surface area contributed by atoms with E-state index >= 15 is 0 Å². The Balaban J connectivity index is 1.24. The number of fused-ring (bicyclic) bond motifs is 15. The Hall–Kier alpha value is -7.30. The number of rotatable bonds is 2. The lowest BCUT2D eigenvalue weighted by molar-refractivity contribution is 0.660. The van der Waals surface area contributed by atoms with Crippen molar-refractivity contribution < 1.29 is 0 Å². The highest BCUT2D eigenvalue weighted by Gasteiger charge is 2.46. The van der Waals surface area contributed by atoms with Crippen LogP contribution in [-0.4, -0.2) is 16.0 Å². The maximum absolute atomic E-state index is 2.68. The molecule has 0 N–H and O–H groups in total. The zero-order chi connectivity index (χ0) is 40.5. The summed E-state index contributed by atoms with van der Waals surface area (Å²) < 4.78 is 5.20. The summed E-state index contributed by atoms with van der Waals surface area (Å²) in [6, 6.07) is 64.9. The molecule has 286 valence electrons. The molecule has 0 unspecified atom stereocenters. The molecule has 9 aromatic carbocycles. The van der Waals surface area contributed by atoms with Gasteiger partial charge in [0.25, 0.3) is 0 Å². The zero-order valence-electron chi connectivity index (χ0n) is 34.6. The van der Waals surface area contributed by atoms with Crippen molar-refractivity contribution in [3.63, 3.8) is 0 Å². The van der Waals surface area contributed by atoms with Crippen molar-refractivity contribution in [1.82, 2.24) is 9.13 Å². The Kier molecular flexibility index (Phi) is 6.32. The molecule has 0 saturated heterocycles. The highest BCUT2D eigenvalue weighted by Crippen LogP contribution is 2.55. The third-order valence-corrected chi connectivity index (χ3v) is 14.5. The quantitative estimate of drug-likeness (QED) is 0.159. The minimum absolute atomic E-state index is 0.0660. The molecule has 14 rings (SSSR count). The number of anilines is 2. The average Bonchev–Trinajstić information content (AvgIpc) is 3.88. The molecule has 0 fully saturated rings. The van der Waals surface area contributed by atoms with Crippen LogP contribution in [0.2, 0.25) is 0 Å². The first-order valence-electron chi connectivity index (χ1n) is 21.6. The molecule has 3 aliphatic rings. The third kappa shape index (κ3) is 4.20. The predicted octanol–water partition coefficient (Wildman–Crippen LogP) is 13.2. The molecule has 0 radical (unpaired) electrons. The second-order valence-electron chi connectivity index (χ2n) is 18.3. The summed E-state index contributed by atoms with van der Waals surface area (Å²) in [6.07, 6.45) is 0. The van der Waals surface area contributed by atoms with E-state index in [0.717, 1.165) is 0 Å². The van der Waals surface area contributed by atoms with Crippen molar-refractivity contribution in [3.8, 4) is 33.6 Å². The van der Waals surface area contributed by atoms with Gasteiger partial charge in [-0.25, -0.2) is 0 Å². The number of hydrogen-bond donors (Lipinski definition) is 0. The van der Waals surface area contributed by atoms with E-state index in [1.54, 1.807) is 0 Å². The fourth-order valence-corrected chi connectivity index (χ4v) is 11.8. The maximum Gasteiger partial charge on any atom is 0.333 e. The molecular formula is C57H40BN3. The summed E-state index contributed by atoms with van der Waals surface area (Å²) >= 11 is 0. The van der Waals surface area contributed by atoms with Crippen molar-refractivity contribution in [2.45, 2.75) is 33.1 Å². The molecule has 0 bridgehead atoms. The standard InChI is InChI=1S/C57H40BN3/c1-33-21-24-37(25-22-33)61-52-31-41-38-15-7-10-18-45(38)57(3,4)46(41)30-42(52)43-32-53(59-48-19-11-8-16-39(48)40-17-9-12-20-49(40)59)54-44-28-35-13-5-6-14-36(35)29-51(44)60-50-26-23-34(2)27-47(50)58(61)55(43)56(54)60/h5-32H,1-4H3. The summed E-state index contributed by atoms with van der Waals surface area (Å²) in [5, 5.41) is 7.62. The molecule has 11 aromatic rings. The first-order valence-corrected chi connectivity index (χ1v) is 21.6. The van der Waals surface area contributed by atoms with Crippen molar-refractivity contribution >= 4 is 83.5 Å². The molecule has 0 saturated carbocycles. The molecule has 3 nitrogen and oxygen atoms in total. The number of nitrogens with zero attached hydrogens (tertiary/aromatic N) is 3. The summed E-state index contributed by atoms with van der Waals surface area (Å²) in [4.78, 5) is 2.68. The van der Waals surface area contributed by atoms with Gasteiger partial charge in [-0.3, -0.25) is 0 Å². The van der Waals surface area contributed by atoms with E-state index in [9.17, 15) is 0 Å². The molecule has 61 heavy (non-hydrogen) atoms. The monoisotopic (exact) mass is 777 g/mol. The van der Waals surface area contributed by atoms with Crippen molar-refractivity contribution in [1.29, 1.82) is 0 Å². The minimum Gasteiger partial charge on any atom is -0.376 e. The largest absolute Gasteiger partial charge is 0.376 e. The summed E-state index contributed by atoms with van der Waals surface area (Å²) in [6.45, 7) is 9.19. The maximum atomic E-state index is 2.68. The number of para-hydroxylation sites is 2. The van der Waals surface area contributed by atoms with Crippen LogP contribution in [0, 0.1) is 13.8 Å². The van der Waals surface area contributed by atoms with Crippen molar-refractivity contribution in [3.05, 3.63) is 192 Å². The van der Waals surface area contributed by atoms with E-state index in [-0.39, 0.29) is 12.3 Å². The highest BCUT2D eigenvalue weighted by atomic mass is 15.1. The van der Waals surface area contributed by atoms with Gasteiger partial charge in [0.1, 0.15) is 0 Å². The summed E-state index contributed by atoms with van der Waals surface area (Å²) in [5.74, 6) is 0. The summed E-state index contributed by atoms with van der Waals surface area (Å²) in [5.41, 5.74) is 23.0. The number of aromatic nitrogens is 2. The lowest BCUT2D eigenvalue weighted by Gasteiger charge is -2.43. The van der Waals surface area contributed by atoms with Gasteiger partial charge in [0, 0.05) is 49.6 Å². The average molecular weight is 778 g/mol. The van der Waals surface area contributed by atoms with Gasteiger partial charge in [0.15, 0.2) is 0 Å². The van der Waals surface area contributed by atoms with E-state index in [1.807, 2.05) is 0 Å². The van der Waals surface area contributed by atoms with Crippen LogP contribution in [-0.2, 0) is 5.41 Å². The molecule has 4 heterocycles. The fraction of sp³-hybridized carbons (Fsp3) is 0.0877. The van der Waals surface area contributed by atoms with Crippen molar-refractivity contribution in [2.24, 2.45) is 0 Å². The summed E-state index contributed by atoms with van der Waals surface area (Å²) in [7, 11) is 0. The third-order valence-electron chi connectivity index (χ3n) is 14.5. The van der Waals surface area contributed by atoms with Gasteiger partial charge in [0.05, 0.1) is 27.8 Å². The molecule has 0 atom stereocenters. The lowest BCUT2D eigenvalue weighted by Crippen LogP contribution is -2.60. The first kappa shape index (κ1) is 33.5. The fourth-order valence-electron chi connectivity index (χ4n) is 11.8. The number of hydrogen-bond acceptors (Lipinski definition) is 1. The Labute approximate surface area is 354 Å². The van der Waals surface area contributed by atoms with Gasteiger partial charge in [-0.1, -0.05) is 134 Å². The smallest absolute Gasteiger partial charge is 0.333 e. The van der Waals surface area contributed by atoms with E-state index in [0.29, 0.717) is 0 Å². The van der Waals surface area contributed by atoms with Crippen LogP contribution < -0.4 is 15.7 Å². The molecule has 2 aliphatic heterocycles. The van der Waals surface area contributed by atoms with Crippen LogP contribution >= 0.6 is 0 Å². The van der Waals surface area contributed by atoms with Gasteiger partial charge in [0.2, 0.25) is 0 Å². The van der Waals surface area contributed by atoms with E-state index < -0.39 is 0 Å². The number of benzene rings is 9. The Morgan fingerprint density at radius 2 is 1.10 bits per heavy atom. The molecule has 2 aromatic heterocycles. The molecule has 4 heteroatoms. The number of aryl methyl sites for hydroxylation is 2. The van der Waals surface area contributed by atoms with E-state index in [1.165, 1.54) is 133 Å². The lowest BCUT2D eigenvalue weighted by atomic mass is 9.43. The predicted molar refractivity (Wildman–Crippen MR) is 259 cm³/mol. The van der Waals surface area contributed by atoms with E-state index in [4.69, 9.17) is 0 Å². The second-order valence-corrected chi connectivity index (χ2v) is 18.3. The van der Waals surface area contributed by atoms with Crippen LogP contribution in [0.15, 0.2) is 170 Å². The van der Waals surface area contributed by atoms with Crippen LogP contribution in [0.25, 0.3) is 88.0 Å². The van der Waals surface area contributed by atoms with Gasteiger partial charge in [-0.05, 0) is 124 Å². The van der Waals surface area contributed by atoms with E-state index in [2.05, 4.69) is 211 Å². The van der Waals surface area contributed by atoms with Gasteiger partial charge in [-0.15, -0.1) is 0 Å². The molecular weight excluding hydrogens is 737 g/mol. The SMILES string of the molecule is Cc1ccc(N2B3c4cc(C)ccc4-n4c5cc6ccccc6cc5c5c(-n6c7ccccc7c7ccccc76)cc(c3c54)-c3cc4c(cc32)-c2ccccc2C4(C)C)cc1. The molecule has 0 amide bonds. The Morgan fingerprint density at radius 3 is 1.87 bits per heavy atom. The highest BCUT2D eigenvalue weighted by molar-refractivity contribution is 6.93. The van der Waals surface area contributed by atoms with Crippen LogP contribution in [0.5, 0.6) is 0 Å². The van der Waals surface area contributed by atoms with Gasteiger partial charge >= 0.3 is 6.85 Å². The molecule has 0 spiro atoms. The van der Waals surface area contributed by atoms with Crippen LogP contribution in [0.1, 0.15) is 36.1 Å². The topological polar surface area (TPSA) is 13.1 Å². The van der Waals surface area contributed by atoms with Gasteiger partial charge < -0.3 is 13.9 Å². The Bertz CT molecular complexity index is 3720. The molecule has 1 aliphatic carbocycles. The van der Waals surface area contributed by atoms with Crippen LogP contribution in [0.3, 0.4) is 0 Å².